The third-order valence-corrected chi connectivity index (χ3v) is 2.79. The molecule has 2 N–H and O–H groups in total. The zero-order valence-corrected chi connectivity index (χ0v) is 8.89. The van der Waals surface area contributed by atoms with Gasteiger partial charge in [-0.25, -0.2) is 0 Å². The molecular weight excluding hydrogens is 192 g/mol. The predicted octanol–water partition coefficient (Wildman–Crippen LogP) is -0.0166. The molecule has 1 aliphatic rings. The molecule has 15 heavy (non-hydrogen) atoms. The van der Waals surface area contributed by atoms with E-state index in [0.29, 0.717) is 12.2 Å². The third-order valence-electron chi connectivity index (χ3n) is 2.79. The number of aryl methyl sites for hydroxylation is 1. The van der Waals surface area contributed by atoms with E-state index in [1.54, 1.807) is 24.0 Å². The smallest absolute Gasteiger partial charge is 0.272 e. The first-order valence-corrected chi connectivity index (χ1v) is 5.21. The molecule has 82 valence electrons. The molecular formula is C10H16N4O. The molecule has 0 saturated carbocycles. The second kappa shape index (κ2) is 4.02. The summed E-state index contributed by atoms with van der Waals surface area (Å²) in [5.74, 6) is 0.0325. The Kier molecular flexibility index (Phi) is 2.73. The van der Waals surface area contributed by atoms with Crippen LogP contribution < -0.4 is 5.73 Å². The van der Waals surface area contributed by atoms with Crippen molar-refractivity contribution in [1.29, 1.82) is 0 Å². The maximum Gasteiger partial charge on any atom is 0.272 e. The van der Waals surface area contributed by atoms with Gasteiger partial charge < -0.3 is 10.6 Å². The van der Waals surface area contributed by atoms with Crippen molar-refractivity contribution in [3.8, 4) is 0 Å². The largest absolute Gasteiger partial charge is 0.336 e. The van der Waals surface area contributed by atoms with E-state index in [4.69, 9.17) is 5.73 Å². The highest BCUT2D eigenvalue weighted by molar-refractivity contribution is 5.92. The lowest BCUT2D eigenvalue weighted by molar-refractivity contribution is 0.0697. The summed E-state index contributed by atoms with van der Waals surface area (Å²) in [4.78, 5) is 13.8. The average Bonchev–Trinajstić information content (AvgIpc) is 2.63. The Morgan fingerprint density at radius 3 is 3.07 bits per heavy atom. The first kappa shape index (κ1) is 10.2. The van der Waals surface area contributed by atoms with E-state index in [9.17, 15) is 4.79 Å². The van der Waals surface area contributed by atoms with E-state index in [0.717, 1.165) is 19.4 Å². The van der Waals surface area contributed by atoms with Crippen LogP contribution in [0.2, 0.25) is 0 Å². The summed E-state index contributed by atoms with van der Waals surface area (Å²) in [5.41, 5.74) is 6.47. The quantitative estimate of drug-likeness (QED) is 0.705. The Morgan fingerprint density at radius 1 is 1.67 bits per heavy atom. The minimum Gasteiger partial charge on any atom is -0.336 e. The van der Waals surface area contributed by atoms with Gasteiger partial charge in [-0.05, 0) is 18.9 Å². The van der Waals surface area contributed by atoms with Gasteiger partial charge in [-0.1, -0.05) is 0 Å². The molecule has 0 unspecified atom stereocenters. The fourth-order valence-electron chi connectivity index (χ4n) is 1.94. The van der Waals surface area contributed by atoms with Gasteiger partial charge in [-0.2, -0.15) is 5.10 Å². The van der Waals surface area contributed by atoms with Crippen LogP contribution in [0.1, 0.15) is 23.3 Å². The van der Waals surface area contributed by atoms with E-state index in [1.165, 1.54) is 0 Å². The first-order chi connectivity index (χ1) is 7.18. The number of carbonyl (C=O) groups is 1. The van der Waals surface area contributed by atoms with E-state index in [2.05, 4.69) is 5.10 Å². The average molecular weight is 208 g/mol. The summed E-state index contributed by atoms with van der Waals surface area (Å²) >= 11 is 0. The van der Waals surface area contributed by atoms with Crippen LogP contribution in [0.5, 0.6) is 0 Å². The number of nitrogens with zero attached hydrogens (tertiary/aromatic N) is 3. The van der Waals surface area contributed by atoms with Gasteiger partial charge in [0.05, 0.1) is 0 Å². The van der Waals surface area contributed by atoms with Crippen LogP contribution in [0.4, 0.5) is 0 Å². The Bertz CT molecular complexity index is 360. The van der Waals surface area contributed by atoms with Crippen molar-refractivity contribution in [3.05, 3.63) is 18.0 Å². The second-order valence-corrected chi connectivity index (χ2v) is 3.99. The summed E-state index contributed by atoms with van der Waals surface area (Å²) in [7, 11) is 1.77. The molecule has 0 radical (unpaired) electrons. The lowest BCUT2D eigenvalue weighted by Gasteiger charge is -2.30. The summed E-state index contributed by atoms with van der Waals surface area (Å²) in [6, 6.07) is 1.86. The highest BCUT2D eigenvalue weighted by atomic mass is 16.2. The molecule has 1 aliphatic heterocycles. The van der Waals surface area contributed by atoms with E-state index in [-0.39, 0.29) is 11.9 Å². The molecule has 1 aromatic heterocycles. The number of nitrogens with two attached hydrogens (primary N) is 1. The van der Waals surface area contributed by atoms with Crippen molar-refractivity contribution in [3.63, 3.8) is 0 Å². The van der Waals surface area contributed by atoms with Gasteiger partial charge in [0.25, 0.3) is 5.91 Å². The number of hydrogen-bond acceptors (Lipinski definition) is 3. The predicted molar refractivity (Wildman–Crippen MR) is 56.3 cm³/mol. The van der Waals surface area contributed by atoms with Crippen molar-refractivity contribution < 1.29 is 4.79 Å². The van der Waals surface area contributed by atoms with Crippen LogP contribution in [0.15, 0.2) is 12.3 Å². The number of rotatable bonds is 1. The Hall–Kier alpha value is -1.36. The van der Waals surface area contributed by atoms with Gasteiger partial charge >= 0.3 is 0 Å². The molecule has 5 heteroatoms. The molecule has 2 heterocycles. The number of carbonyl (C=O) groups excluding carboxylic acids is 1. The Morgan fingerprint density at radius 2 is 2.47 bits per heavy atom. The fraction of sp³-hybridized carbons (Fsp3) is 0.600. The maximum absolute atomic E-state index is 12.0. The molecule has 1 aromatic rings. The molecule has 1 atom stereocenters. The highest BCUT2D eigenvalue weighted by Gasteiger charge is 2.23. The van der Waals surface area contributed by atoms with Crippen molar-refractivity contribution >= 4 is 5.91 Å². The molecule has 2 rings (SSSR count). The summed E-state index contributed by atoms with van der Waals surface area (Å²) in [6.07, 6.45) is 3.64. The maximum atomic E-state index is 12.0. The van der Waals surface area contributed by atoms with Crippen molar-refractivity contribution in [1.82, 2.24) is 14.7 Å². The molecule has 0 bridgehead atoms. The van der Waals surface area contributed by atoms with Crippen LogP contribution in [0, 0.1) is 0 Å². The minimum absolute atomic E-state index is 0.0325. The SMILES string of the molecule is Cn1nccc1C(=O)N1CCC[C@@H](N)C1. The summed E-state index contributed by atoms with van der Waals surface area (Å²) in [5, 5.41) is 3.99. The van der Waals surface area contributed by atoms with E-state index < -0.39 is 0 Å². The number of piperidine rings is 1. The molecule has 5 nitrogen and oxygen atoms in total. The first-order valence-electron chi connectivity index (χ1n) is 5.21. The number of amides is 1. The van der Waals surface area contributed by atoms with Gasteiger partial charge in [0.2, 0.25) is 0 Å². The molecule has 0 aliphatic carbocycles. The summed E-state index contributed by atoms with van der Waals surface area (Å²) < 4.78 is 1.60. The van der Waals surface area contributed by atoms with Gasteiger partial charge in [0, 0.05) is 32.4 Å². The van der Waals surface area contributed by atoms with Crippen molar-refractivity contribution in [2.24, 2.45) is 12.8 Å². The van der Waals surface area contributed by atoms with Crippen LogP contribution in [0.3, 0.4) is 0 Å². The Balaban J connectivity index is 2.11. The van der Waals surface area contributed by atoms with Gasteiger partial charge in [-0.15, -0.1) is 0 Å². The zero-order chi connectivity index (χ0) is 10.8. The number of likely N-dealkylation sites (tertiary alicyclic amines) is 1. The van der Waals surface area contributed by atoms with E-state index >= 15 is 0 Å². The lowest BCUT2D eigenvalue weighted by Crippen LogP contribution is -2.46. The normalized spacial score (nSPS) is 21.7. The van der Waals surface area contributed by atoms with Gasteiger partial charge in [-0.3, -0.25) is 9.48 Å². The molecule has 1 saturated heterocycles. The van der Waals surface area contributed by atoms with Crippen molar-refractivity contribution in [2.75, 3.05) is 13.1 Å². The number of hydrogen-bond donors (Lipinski definition) is 1. The molecule has 1 fully saturated rings. The topological polar surface area (TPSA) is 64.2 Å². The fourth-order valence-corrected chi connectivity index (χ4v) is 1.94. The summed E-state index contributed by atoms with van der Waals surface area (Å²) in [6.45, 7) is 1.46. The molecule has 0 aromatic carbocycles. The molecule has 0 spiro atoms. The second-order valence-electron chi connectivity index (χ2n) is 3.99. The third kappa shape index (κ3) is 2.02. The highest BCUT2D eigenvalue weighted by Crippen LogP contribution is 2.11. The Labute approximate surface area is 88.8 Å². The van der Waals surface area contributed by atoms with Crippen LogP contribution in [0.25, 0.3) is 0 Å². The van der Waals surface area contributed by atoms with Gasteiger partial charge in [0.15, 0.2) is 0 Å². The zero-order valence-electron chi connectivity index (χ0n) is 8.89. The van der Waals surface area contributed by atoms with Crippen LogP contribution in [-0.2, 0) is 7.05 Å². The van der Waals surface area contributed by atoms with Crippen LogP contribution >= 0.6 is 0 Å². The monoisotopic (exact) mass is 208 g/mol. The lowest BCUT2D eigenvalue weighted by atomic mass is 10.1. The van der Waals surface area contributed by atoms with Gasteiger partial charge in [0.1, 0.15) is 5.69 Å². The van der Waals surface area contributed by atoms with Crippen molar-refractivity contribution in [2.45, 2.75) is 18.9 Å². The molecule has 1 amide bonds. The minimum atomic E-state index is 0.0325. The number of aromatic nitrogens is 2. The standard InChI is InChI=1S/C10H16N4O/c1-13-9(4-5-12-13)10(15)14-6-2-3-8(11)7-14/h4-5,8H,2-3,6-7,11H2,1H3/t8-/m1/s1. The van der Waals surface area contributed by atoms with Crippen LogP contribution in [-0.4, -0.2) is 39.7 Å². The van der Waals surface area contributed by atoms with E-state index in [1.807, 2.05) is 4.90 Å².